The van der Waals surface area contributed by atoms with Crippen molar-refractivity contribution in [3.63, 3.8) is 0 Å². The number of unbranched alkanes of at least 4 members (excludes halogenated alkanes) is 33. The Bertz CT molecular complexity index is 1670. The Morgan fingerprint density at radius 1 is 0.456 bits per heavy atom. The van der Waals surface area contributed by atoms with E-state index in [2.05, 4.69) is 50.4 Å². The van der Waals surface area contributed by atoms with Crippen LogP contribution in [-0.4, -0.2) is 69.4 Å². The number of nitrogens with one attached hydrogen (secondary N) is 1. The standard InChI is InChI=1S/C69H123N2O7P/c1-7-10-13-16-19-22-25-27-29-31-32-33-34-35-36-37-38-40-42-44-47-50-53-56-59-62-69(73)78-67(60-57-54-51-48-45-24-21-18-15-12-9-3)66(65-77-79(74,75)76-64-63-71(4,5)6)70-68(72)61-58-55-52-49-46-43-41-39-30-28-26-23-20-17-14-11-8-2/h11,14,17,20,23,26-30,39,41,43,46,57,60,66-67H,7-10,12-13,15-16,18-19,21-22,24-25,31-38,40,42,44-45,47-56,58-59,61-65H2,1-6H3,(H-,70,72,74,75)/b14-11-,20-17+,26-23+,29-27+,30-28-,41-39+,46-43+,60-57-. The third kappa shape index (κ3) is 59.4. The second kappa shape index (κ2) is 58.1. The lowest BCUT2D eigenvalue weighted by Gasteiger charge is -2.30. The number of nitrogens with zero attached hydrogens (tertiary/aromatic N) is 1. The molecule has 0 saturated carbocycles. The number of carbonyl (C=O) groups is 2. The molecule has 0 aliphatic carbocycles. The number of hydrogen-bond donors (Lipinski definition) is 1. The molecule has 79 heavy (non-hydrogen) atoms. The maximum Gasteiger partial charge on any atom is 0.306 e. The molecule has 0 aliphatic heterocycles. The highest BCUT2D eigenvalue weighted by molar-refractivity contribution is 7.45. The summed E-state index contributed by atoms with van der Waals surface area (Å²) >= 11 is 0. The van der Waals surface area contributed by atoms with Gasteiger partial charge in [-0.3, -0.25) is 14.2 Å². The summed E-state index contributed by atoms with van der Waals surface area (Å²) in [4.78, 5) is 40.0. The van der Waals surface area contributed by atoms with Gasteiger partial charge >= 0.3 is 5.97 Å². The highest BCUT2D eigenvalue weighted by Gasteiger charge is 2.27. The third-order valence-corrected chi connectivity index (χ3v) is 15.1. The fourth-order valence-corrected chi connectivity index (χ4v) is 9.86. The molecule has 0 spiro atoms. The number of rotatable bonds is 58. The van der Waals surface area contributed by atoms with Gasteiger partial charge in [0.05, 0.1) is 33.8 Å². The van der Waals surface area contributed by atoms with E-state index in [1.807, 2.05) is 94.1 Å². The molecule has 0 rings (SSSR count). The first kappa shape index (κ1) is 75.9. The van der Waals surface area contributed by atoms with Crippen LogP contribution in [0.3, 0.4) is 0 Å². The van der Waals surface area contributed by atoms with Gasteiger partial charge in [-0.15, -0.1) is 0 Å². The molecule has 0 aromatic heterocycles. The van der Waals surface area contributed by atoms with Crippen LogP contribution in [0.5, 0.6) is 0 Å². The van der Waals surface area contributed by atoms with Gasteiger partial charge in [0.25, 0.3) is 7.82 Å². The van der Waals surface area contributed by atoms with Gasteiger partial charge in [0.1, 0.15) is 19.3 Å². The zero-order valence-electron chi connectivity index (χ0n) is 52.1. The van der Waals surface area contributed by atoms with E-state index in [1.54, 1.807) is 0 Å². The zero-order valence-corrected chi connectivity index (χ0v) is 52.9. The van der Waals surface area contributed by atoms with E-state index in [0.29, 0.717) is 17.4 Å². The number of phosphoric ester groups is 1. The van der Waals surface area contributed by atoms with Crippen LogP contribution in [0.25, 0.3) is 0 Å². The molecular formula is C69H123N2O7P. The zero-order chi connectivity index (χ0) is 57.9. The van der Waals surface area contributed by atoms with Gasteiger partial charge < -0.3 is 28.5 Å². The molecule has 0 aromatic carbocycles. The predicted molar refractivity (Wildman–Crippen MR) is 339 cm³/mol. The van der Waals surface area contributed by atoms with Gasteiger partial charge in [0.15, 0.2) is 0 Å². The molecule has 9 nitrogen and oxygen atoms in total. The number of esters is 1. The Kier molecular flexibility index (Phi) is 55.9. The minimum absolute atomic E-state index is 0.0353. The second-order valence-electron chi connectivity index (χ2n) is 23.0. The number of phosphoric acid groups is 1. The fraction of sp³-hybridized carbons (Fsp3) is 0.739. The summed E-state index contributed by atoms with van der Waals surface area (Å²) in [7, 11) is 1.15. The number of allylic oxidation sites excluding steroid dienone is 15. The Balaban J connectivity index is 5.14. The average molecular weight is 1120 g/mol. The van der Waals surface area contributed by atoms with Gasteiger partial charge in [0, 0.05) is 12.8 Å². The third-order valence-electron chi connectivity index (χ3n) is 14.2. The lowest BCUT2D eigenvalue weighted by Crippen LogP contribution is -2.47. The molecule has 3 unspecified atom stereocenters. The summed E-state index contributed by atoms with van der Waals surface area (Å²) in [5, 5.41) is 3.00. The largest absolute Gasteiger partial charge is 0.756 e. The van der Waals surface area contributed by atoms with Crippen molar-refractivity contribution in [2.45, 2.75) is 290 Å². The lowest BCUT2D eigenvalue weighted by molar-refractivity contribution is -0.870. The fourth-order valence-electron chi connectivity index (χ4n) is 9.14. The first-order valence-electron chi connectivity index (χ1n) is 32.6. The molecule has 0 aromatic rings. The number of hydrogen-bond acceptors (Lipinski definition) is 7. The monoisotopic (exact) mass is 1120 g/mol. The van der Waals surface area contributed by atoms with Crippen LogP contribution >= 0.6 is 7.82 Å². The molecule has 0 aliphatic rings. The Morgan fingerprint density at radius 3 is 1.27 bits per heavy atom. The highest BCUT2D eigenvalue weighted by atomic mass is 31.2. The Morgan fingerprint density at radius 2 is 0.823 bits per heavy atom. The molecule has 456 valence electrons. The summed E-state index contributed by atoms with van der Waals surface area (Å²) in [5.41, 5.74) is 0. The van der Waals surface area contributed by atoms with E-state index in [0.717, 1.165) is 64.2 Å². The first-order valence-corrected chi connectivity index (χ1v) is 34.1. The number of ether oxygens (including phenoxy) is 1. The normalized spacial score (nSPS) is 14.3. The maximum atomic E-state index is 13.5. The minimum Gasteiger partial charge on any atom is -0.756 e. The van der Waals surface area contributed by atoms with Crippen LogP contribution in [0.15, 0.2) is 97.2 Å². The van der Waals surface area contributed by atoms with E-state index in [1.165, 1.54) is 173 Å². The van der Waals surface area contributed by atoms with Gasteiger partial charge in [-0.2, -0.15) is 0 Å². The van der Waals surface area contributed by atoms with Crippen LogP contribution in [-0.2, 0) is 27.9 Å². The molecule has 1 N–H and O–H groups in total. The minimum atomic E-state index is -4.72. The van der Waals surface area contributed by atoms with E-state index in [4.69, 9.17) is 13.8 Å². The van der Waals surface area contributed by atoms with E-state index in [9.17, 15) is 19.0 Å². The van der Waals surface area contributed by atoms with E-state index in [-0.39, 0.29) is 31.3 Å². The van der Waals surface area contributed by atoms with Crippen molar-refractivity contribution in [2.24, 2.45) is 0 Å². The molecule has 0 saturated heterocycles. The average Bonchev–Trinajstić information content (AvgIpc) is 3.41. The van der Waals surface area contributed by atoms with Crippen LogP contribution in [0.1, 0.15) is 278 Å². The molecule has 0 bridgehead atoms. The SMILES string of the molecule is CC\C=C/C=C/C=C/C=C\C=C\C=C\CCCCCC(=O)NC(COP(=O)([O-])OCC[N+](C)(C)C)C(/C=C\CCCCCCCCCCC)OC(=O)CCCCCCCCCCCCCCCCC/C=C/CCCCCCCC. The van der Waals surface area contributed by atoms with Crippen molar-refractivity contribution < 1.29 is 37.3 Å². The molecule has 3 atom stereocenters. The molecule has 10 heteroatoms. The van der Waals surface area contributed by atoms with Crippen LogP contribution in [0.2, 0.25) is 0 Å². The smallest absolute Gasteiger partial charge is 0.306 e. The molecule has 0 heterocycles. The summed E-state index contributed by atoms with van der Waals surface area (Å²) in [6.07, 6.45) is 78.2. The predicted octanol–water partition coefficient (Wildman–Crippen LogP) is 19.7. The van der Waals surface area contributed by atoms with Gasteiger partial charge in [-0.05, 0) is 76.7 Å². The van der Waals surface area contributed by atoms with E-state index < -0.39 is 26.6 Å². The molecule has 0 radical (unpaired) electrons. The Hall–Kier alpha value is -3.07. The molecule has 1 amide bonds. The highest BCUT2D eigenvalue weighted by Crippen LogP contribution is 2.38. The van der Waals surface area contributed by atoms with Crippen LogP contribution in [0, 0.1) is 0 Å². The Labute approximate surface area is 488 Å². The van der Waals surface area contributed by atoms with Crippen molar-refractivity contribution >= 4 is 19.7 Å². The number of amides is 1. The van der Waals surface area contributed by atoms with Crippen LogP contribution in [0.4, 0.5) is 0 Å². The first-order chi connectivity index (χ1) is 38.4. The maximum absolute atomic E-state index is 13.5. The summed E-state index contributed by atoms with van der Waals surface area (Å²) < 4.78 is 30.3. The summed E-state index contributed by atoms with van der Waals surface area (Å²) in [6.45, 7) is 6.66. The number of likely N-dealkylation sites (N-methyl/N-ethyl adjacent to an activating group) is 1. The van der Waals surface area contributed by atoms with Crippen LogP contribution < -0.4 is 10.2 Å². The quantitative estimate of drug-likeness (QED) is 0.0161. The van der Waals surface area contributed by atoms with Gasteiger partial charge in [-0.25, -0.2) is 0 Å². The molecule has 0 fully saturated rings. The van der Waals surface area contributed by atoms with Crippen molar-refractivity contribution in [3.8, 4) is 0 Å². The number of carbonyl (C=O) groups excluding carboxylic acids is 2. The van der Waals surface area contributed by atoms with Crippen molar-refractivity contribution in [1.82, 2.24) is 5.32 Å². The number of quaternary nitrogens is 1. The van der Waals surface area contributed by atoms with Gasteiger partial charge in [-0.1, -0.05) is 285 Å². The van der Waals surface area contributed by atoms with Crippen molar-refractivity contribution in [1.29, 1.82) is 0 Å². The summed E-state index contributed by atoms with van der Waals surface area (Å²) in [5.74, 6) is -0.591. The summed E-state index contributed by atoms with van der Waals surface area (Å²) in [6, 6.07) is -0.916. The topological polar surface area (TPSA) is 114 Å². The van der Waals surface area contributed by atoms with Crippen molar-refractivity contribution in [2.75, 3.05) is 40.9 Å². The second-order valence-corrected chi connectivity index (χ2v) is 24.4. The van der Waals surface area contributed by atoms with Gasteiger partial charge in [0.2, 0.25) is 5.91 Å². The molecular weight excluding hydrogens is 1000 g/mol. The lowest BCUT2D eigenvalue weighted by atomic mass is 10.0. The van der Waals surface area contributed by atoms with Crippen molar-refractivity contribution in [3.05, 3.63) is 97.2 Å². The van der Waals surface area contributed by atoms with E-state index >= 15 is 0 Å².